The Balaban J connectivity index is 2.54. The summed E-state index contributed by atoms with van der Waals surface area (Å²) in [6.07, 6.45) is 0. The molecule has 2 aromatic rings. The van der Waals surface area contributed by atoms with Gasteiger partial charge in [0.2, 0.25) is 5.95 Å². The van der Waals surface area contributed by atoms with Gasteiger partial charge in [-0.15, -0.1) is 0 Å². The minimum Gasteiger partial charge on any atom is -0.462 e. The zero-order chi connectivity index (χ0) is 14.0. The molecule has 0 radical (unpaired) electrons. The van der Waals surface area contributed by atoms with Gasteiger partial charge in [-0.2, -0.15) is 9.49 Å². The maximum atomic E-state index is 14.0. The lowest BCUT2D eigenvalue weighted by Crippen LogP contribution is -2.08. The highest BCUT2D eigenvalue weighted by atomic mass is 19.1. The molecular weight excluding hydrogens is 247 g/mol. The number of carbonyl (C=O) groups is 1. The van der Waals surface area contributed by atoms with E-state index in [0.29, 0.717) is 11.3 Å². The van der Waals surface area contributed by atoms with E-state index >= 15 is 0 Å². The molecule has 100 valence electrons. The second-order valence-electron chi connectivity index (χ2n) is 4.22. The van der Waals surface area contributed by atoms with Crippen molar-refractivity contribution in [3.63, 3.8) is 0 Å². The van der Waals surface area contributed by atoms with Crippen LogP contribution in [0.4, 0.5) is 4.39 Å². The number of nitrogens with zero attached hydrogens (tertiary/aromatic N) is 2. The fraction of sp³-hybridized carbons (Fsp3) is 0.286. The van der Waals surface area contributed by atoms with Gasteiger partial charge in [-0.1, -0.05) is 29.8 Å². The predicted octanol–water partition coefficient (Wildman–Crippen LogP) is 2.71. The molecule has 0 aliphatic rings. The number of benzene rings is 1. The molecule has 4 nitrogen and oxygen atoms in total. The highest BCUT2D eigenvalue weighted by Crippen LogP contribution is 2.25. The Labute approximate surface area is 110 Å². The molecule has 0 bridgehead atoms. The van der Waals surface area contributed by atoms with Crippen LogP contribution in [-0.2, 0) is 11.8 Å². The number of aromatic nitrogens is 2. The first kappa shape index (κ1) is 13.3. The molecule has 0 unspecified atom stereocenters. The van der Waals surface area contributed by atoms with Crippen LogP contribution in [0.3, 0.4) is 0 Å². The molecule has 5 heteroatoms. The van der Waals surface area contributed by atoms with Crippen LogP contribution < -0.4 is 0 Å². The highest BCUT2D eigenvalue weighted by molar-refractivity contribution is 5.96. The van der Waals surface area contributed by atoms with E-state index in [2.05, 4.69) is 5.10 Å². The molecule has 0 aliphatic heterocycles. The van der Waals surface area contributed by atoms with Crippen molar-refractivity contribution >= 4 is 5.97 Å². The van der Waals surface area contributed by atoms with E-state index in [1.807, 2.05) is 19.1 Å². The van der Waals surface area contributed by atoms with Gasteiger partial charge in [-0.25, -0.2) is 9.48 Å². The fourth-order valence-corrected chi connectivity index (χ4v) is 1.80. The minimum absolute atomic E-state index is 0.117. The van der Waals surface area contributed by atoms with Crippen molar-refractivity contribution in [2.24, 2.45) is 7.05 Å². The zero-order valence-corrected chi connectivity index (χ0v) is 11.1. The Morgan fingerprint density at radius 3 is 2.58 bits per heavy atom. The summed E-state index contributed by atoms with van der Waals surface area (Å²) in [6.45, 7) is 3.83. The molecule has 0 saturated carbocycles. The molecule has 0 N–H and O–H groups in total. The van der Waals surface area contributed by atoms with Gasteiger partial charge in [0, 0.05) is 12.6 Å². The molecule has 1 heterocycles. The van der Waals surface area contributed by atoms with E-state index in [9.17, 15) is 9.18 Å². The monoisotopic (exact) mass is 262 g/mol. The van der Waals surface area contributed by atoms with Gasteiger partial charge in [0.25, 0.3) is 0 Å². The summed E-state index contributed by atoms with van der Waals surface area (Å²) in [6, 6.07) is 7.38. The molecule has 0 spiro atoms. The molecular formula is C14H15FN2O2. The Morgan fingerprint density at radius 1 is 1.37 bits per heavy atom. The molecule has 2 rings (SSSR count). The summed E-state index contributed by atoms with van der Waals surface area (Å²) in [5, 5.41) is 4.05. The van der Waals surface area contributed by atoms with Crippen molar-refractivity contribution in [3.05, 3.63) is 41.3 Å². The second kappa shape index (κ2) is 5.22. The summed E-state index contributed by atoms with van der Waals surface area (Å²) in [5.41, 5.74) is 1.96. The van der Waals surface area contributed by atoms with E-state index in [-0.39, 0.29) is 12.2 Å². The first-order valence-electron chi connectivity index (χ1n) is 6.01. The van der Waals surface area contributed by atoms with Gasteiger partial charge in [0.1, 0.15) is 11.3 Å². The van der Waals surface area contributed by atoms with Gasteiger partial charge in [-0.3, -0.25) is 0 Å². The SMILES string of the molecule is CCOC(=O)c1c(-c2ccc(C)cc2)nn(C)c1F. The zero-order valence-electron chi connectivity index (χ0n) is 11.1. The summed E-state index contributed by atoms with van der Waals surface area (Å²) >= 11 is 0. The van der Waals surface area contributed by atoms with Crippen molar-refractivity contribution in [1.82, 2.24) is 9.78 Å². The number of ether oxygens (including phenoxy) is 1. The van der Waals surface area contributed by atoms with Crippen molar-refractivity contribution in [2.75, 3.05) is 6.61 Å². The Bertz CT molecular complexity index is 603. The largest absolute Gasteiger partial charge is 0.462 e. The average molecular weight is 262 g/mol. The number of halogens is 1. The topological polar surface area (TPSA) is 44.1 Å². The number of rotatable bonds is 3. The molecule has 1 aromatic carbocycles. The summed E-state index contributed by atoms with van der Waals surface area (Å²) in [7, 11) is 1.45. The standard InChI is InChI=1S/C14H15FN2O2/c1-4-19-14(18)11-12(16-17(3)13(11)15)10-7-5-9(2)6-8-10/h5-8H,4H2,1-3H3. The van der Waals surface area contributed by atoms with E-state index < -0.39 is 11.9 Å². The van der Waals surface area contributed by atoms with E-state index in [0.717, 1.165) is 10.2 Å². The number of aryl methyl sites for hydroxylation is 2. The van der Waals surface area contributed by atoms with Crippen LogP contribution >= 0.6 is 0 Å². The third-order valence-electron chi connectivity index (χ3n) is 2.78. The normalized spacial score (nSPS) is 10.5. The van der Waals surface area contributed by atoms with Crippen molar-refractivity contribution in [3.8, 4) is 11.3 Å². The van der Waals surface area contributed by atoms with E-state index in [4.69, 9.17) is 4.74 Å². The van der Waals surface area contributed by atoms with Gasteiger partial charge < -0.3 is 4.74 Å². The minimum atomic E-state index is -0.691. The van der Waals surface area contributed by atoms with E-state index in [1.54, 1.807) is 19.1 Å². The highest BCUT2D eigenvalue weighted by Gasteiger charge is 2.24. The van der Waals surface area contributed by atoms with Crippen LogP contribution in [0.15, 0.2) is 24.3 Å². The Hall–Kier alpha value is -2.17. The van der Waals surface area contributed by atoms with Crippen molar-refractivity contribution < 1.29 is 13.9 Å². The summed E-state index contributed by atoms with van der Waals surface area (Å²) < 4.78 is 19.9. The summed E-state index contributed by atoms with van der Waals surface area (Å²) in [4.78, 5) is 11.8. The van der Waals surface area contributed by atoms with Gasteiger partial charge in [0.05, 0.1) is 6.61 Å². The molecule has 0 amide bonds. The number of hydrogen-bond donors (Lipinski definition) is 0. The lowest BCUT2D eigenvalue weighted by molar-refractivity contribution is 0.0521. The quantitative estimate of drug-likeness (QED) is 0.799. The second-order valence-corrected chi connectivity index (χ2v) is 4.22. The molecule has 0 aliphatic carbocycles. The van der Waals surface area contributed by atoms with Crippen LogP contribution in [0.5, 0.6) is 0 Å². The number of carbonyl (C=O) groups excluding carboxylic acids is 1. The van der Waals surface area contributed by atoms with Crippen LogP contribution in [0, 0.1) is 12.9 Å². The van der Waals surface area contributed by atoms with Crippen LogP contribution in [0.1, 0.15) is 22.8 Å². The number of esters is 1. The van der Waals surface area contributed by atoms with Crippen LogP contribution in [0.25, 0.3) is 11.3 Å². The van der Waals surface area contributed by atoms with Crippen LogP contribution in [-0.4, -0.2) is 22.4 Å². The molecule has 0 atom stereocenters. The summed E-state index contributed by atoms with van der Waals surface area (Å²) in [5.74, 6) is -1.38. The van der Waals surface area contributed by atoms with Crippen LogP contribution in [0.2, 0.25) is 0 Å². The Kier molecular flexibility index (Phi) is 3.64. The number of hydrogen-bond acceptors (Lipinski definition) is 3. The smallest absolute Gasteiger partial charge is 0.345 e. The Morgan fingerprint density at radius 2 is 2.00 bits per heavy atom. The maximum absolute atomic E-state index is 14.0. The average Bonchev–Trinajstić information content (AvgIpc) is 2.67. The van der Waals surface area contributed by atoms with Crippen molar-refractivity contribution in [2.45, 2.75) is 13.8 Å². The molecule has 0 fully saturated rings. The van der Waals surface area contributed by atoms with Gasteiger partial charge in [0.15, 0.2) is 0 Å². The molecule has 0 saturated heterocycles. The van der Waals surface area contributed by atoms with Gasteiger partial charge in [-0.05, 0) is 13.8 Å². The predicted molar refractivity (Wildman–Crippen MR) is 69.3 cm³/mol. The first-order valence-corrected chi connectivity index (χ1v) is 6.01. The third kappa shape index (κ3) is 2.50. The fourth-order valence-electron chi connectivity index (χ4n) is 1.80. The first-order chi connectivity index (χ1) is 9.04. The lowest BCUT2D eigenvalue weighted by Gasteiger charge is -2.03. The van der Waals surface area contributed by atoms with Crippen molar-refractivity contribution in [1.29, 1.82) is 0 Å². The molecule has 19 heavy (non-hydrogen) atoms. The lowest BCUT2D eigenvalue weighted by atomic mass is 10.1. The molecule has 1 aromatic heterocycles. The third-order valence-corrected chi connectivity index (χ3v) is 2.78. The maximum Gasteiger partial charge on any atom is 0.345 e. The van der Waals surface area contributed by atoms with Gasteiger partial charge >= 0.3 is 5.97 Å². The van der Waals surface area contributed by atoms with E-state index in [1.165, 1.54) is 7.05 Å².